The van der Waals surface area contributed by atoms with Crippen LogP contribution >= 0.6 is 0 Å². The summed E-state index contributed by atoms with van der Waals surface area (Å²) in [5.74, 6) is -0.454. The molecule has 1 amide bonds. The maximum Gasteiger partial charge on any atom is 0.335 e. The van der Waals surface area contributed by atoms with Gasteiger partial charge in [0.25, 0.3) is 5.91 Å². The van der Waals surface area contributed by atoms with Crippen LogP contribution in [-0.2, 0) is 11.3 Å². The number of carboxylic acid groups (broad SMARTS) is 1. The molecule has 0 radical (unpaired) electrons. The second kappa shape index (κ2) is 8.70. The van der Waals surface area contributed by atoms with Crippen molar-refractivity contribution in [3.63, 3.8) is 0 Å². The quantitative estimate of drug-likeness (QED) is 0.514. The summed E-state index contributed by atoms with van der Waals surface area (Å²) in [6, 6.07) is 14.6. The molecule has 3 aromatic rings. The summed E-state index contributed by atoms with van der Waals surface area (Å²) in [4.78, 5) is 24.1. The van der Waals surface area contributed by atoms with Gasteiger partial charge >= 0.3 is 5.97 Å². The topological polar surface area (TPSA) is 74.9 Å². The predicted molar refractivity (Wildman–Crippen MR) is 130 cm³/mol. The molecule has 33 heavy (non-hydrogen) atoms. The van der Waals surface area contributed by atoms with Gasteiger partial charge in [-0.1, -0.05) is 25.3 Å². The number of aromatic nitrogens is 1. The lowest BCUT2D eigenvalue weighted by atomic mass is 9.89. The van der Waals surface area contributed by atoms with Gasteiger partial charge in [-0.3, -0.25) is 4.79 Å². The molecule has 0 atom stereocenters. The number of benzene rings is 2. The fraction of sp³-hybridized carbons (Fsp3) is 0.296. The molecular weight excluding hydrogens is 414 g/mol. The highest BCUT2D eigenvalue weighted by atomic mass is 16.4. The van der Waals surface area contributed by atoms with Crippen molar-refractivity contribution in [1.29, 1.82) is 0 Å². The van der Waals surface area contributed by atoms with E-state index in [4.69, 9.17) is 5.11 Å². The predicted octanol–water partition coefficient (Wildman–Crippen LogP) is 5.73. The maximum absolute atomic E-state index is 13.1. The van der Waals surface area contributed by atoms with Gasteiger partial charge in [-0.15, -0.1) is 0 Å². The molecule has 2 heterocycles. The van der Waals surface area contributed by atoms with Crippen molar-refractivity contribution in [3.8, 4) is 0 Å². The molecule has 0 bridgehead atoms. The second-order valence-electron chi connectivity index (χ2n) is 9.00. The normalized spacial score (nSPS) is 18.3. The van der Waals surface area contributed by atoms with Crippen LogP contribution in [0.3, 0.4) is 0 Å². The average molecular weight is 442 g/mol. The van der Waals surface area contributed by atoms with E-state index in [0.717, 1.165) is 18.0 Å². The Morgan fingerprint density at radius 1 is 1.09 bits per heavy atom. The van der Waals surface area contributed by atoms with Crippen molar-refractivity contribution in [3.05, 3.63) is 71.4 Å². The lowest BCUT2D eigenvalue weighted by Gasteiger charge is -2.22. The number of hydrazone groups is 1. The summed E-state index contributed by atoms with van der Waals surface area (Å²) in [5, 5.41) is 16.0. The number of carbonyl (C=O) groups excluding carboxylic acids is 1. The van der Waals surface area contributed by atoms with Crippen molar-refractivity contribution in [2.75, 3.05) is 5.01 Å². The van der Waals surface area contributed by atoms with Crippen molar-refractivity contribution >= 4 is 40.3 Å². The van der Waals surface area contributed by atoms with Gasteiger partial charge in [0.2, 0.25) is 0 Å². The summed E-state index contributed by atoms with van der Waals surface area (Å²) >= 11 is 0. The van der Waals surface area contributed by atoms with Crippen LogP contribution < -0.4 is 5.01 Å². The van der Waals surface area contributed by atoms with Gasteiger partial charge < -0.3 is 9.67 Å². The number of carboxylic acids is 1. The van der Waals surface area contributed by atoms with Crippen LogP contribution in [0, 0.1) is 5.92 Å². The van der Waals surface area contributed by atoms with Crippen LogP contribution in [0.5, 0.6) is 0 Å². The Balaban J connectivity index is 1.37. The zero-order valence-electron chi connectivity index (χ0n) is 18.7. The van der Waals surface area contributed by atoms with Crippen molar-refractivity contribution in [2.24, 2.45) is 11.0 Å². The first-order valence-electron chi connectivity index (χ1n) is 11.5. The fourth-order valence-electron chi connectivity index (χ4n) is 4.89. The number of rotatable bonds is 5. The first-order chi connectivity index (χ1) is 16.0. The van der Waals surface area contributed by atoms with Crippen molar-refractivity contribution in [2.45, 2.75) is 45.6 Å². The molecule has 5 rings (SSSR count). The zero-order chi connectivity index (χ0) is 22.9. The van der Waals surface area contributed by atoms with Gasteiger partial charge in [-0.05, 0) is 79.8 Å². The Morgan fingerprint density at radius 3 is 2.58 bits per heavy atom. The molecule has 1 fully saturated rings. The third-order valence-electron chi connectivity index (χ3n) is 6.71. The van der Waals surface area contributed by atoms with Crippen LogP contribution in [0.25, 0.3) is 17.0 Å². The van der Waals surface area contributed by atoms with Gasteiger partial charge in [0.1, 0.15) is 0 Å². The molecule has 6 heteroatoms. The molecule has 1 aliphatic carbocycles. The highest BCUT2D eigenvalue weighted by Gasteiger charge is 2.28. The minimum atomic E-state index is -1.00. The van der Waals surface area contributed by atoms with E-state index in [1.807, 2.05) is 13.0 Å². The summed E-state index contributed by atoms with van der Waals surface area (Å²) in [7, 11) is 0. The third kappa shape index (κ3) is 4.21. The zero-order valence-corrected chi connectivity index (χ0v) is 18.7. The Bertz CT molecular complexity index is 1280. The number of hydrogen-bond acceptors (Lipinski definition) is 3. The van der Waals surface area contributed by atoms with E-state index in [0.29, 0.717) is 17.0 Å². The van der Waals surface area contributed by atoms with Gasteiger partial charge in [-0.2, -0.15) is 10.1 Å². The smallest absolute Gasteiger partial charge is 0.335 e. The number of anilines is 1. The molecule has 1 aromatic heterocycles. The van der Waals surface area contributed by atoms with Gasteiger partial charge in [-0.25, -0.2) is 4.79 Å². The minimum Gasteiger partial charge on any atom is -0.478 e. The third-order valence-corrected chi connectivity index (χ3v) is 6.71. The minimum absolute atomic E-state index is 0.172. The lowest BCUT2D eigenvalue weighted by Crippen LogP contribution is -2.21. The highest BCUT2D eigenvalue weighted by Crippen LogP contribution is 2.29. The molecule has 1 aliphatic heterocycles. The number of aromatic carboxylic acids is 1. The van der Waals surface area contributed by atoms with Crippen LogP contribution in [0.2, 0.25) is 0 Å². The molecule has 6 nitrogen and oxygen atoms in total. The largest absolute Gasteiger partial charge is 0.478 e. The molecule has 1 saturated carbocycles. The van der Waals surface area contributed by atoms with E-state index in [1.165, 1.54) is 60.1 Å². The first kappa shape index (κ1) is 21.2. The summed E-state index contributed by atoms with van der Waals surface area (Å²) in [6.45, 7) is 2.89. The number of amides is 1. The SMILES string of the molecule is CC1=NN(c2ccc(C(=O)O)cc2)C(=O)/C1=C\c1ccc2c(ccn2CC2CCCCC2)c1. The number of fused-ring (bicyclic) bond motifs is 1. The maximum atomic E-state index is 13.1. The monoisotopic (exact) mass is 441 g/mol. The number of hydrogen-bond donors (Lipinski definition) is 1. The molecule has 2 aliphatic rings. The van der Waals surface area contributed by atoms with E-state index in [-0.39, 0.29) is 11.5 Å². The molecule has 2 aromatic carbocycles. The van der Waals surface area contributed by atoms with Gasteiger partial charge in [0.15, 0.2) is 0 Å². The summed E-state index contributed by atoms with van der Waals surface area (Å²) in [6.07, 6.45) is 10.7. The number of carbonyl (C=O) groups is 2. The van der Waals surface area contributed by atoms with Crippen LogP contribution in [-0.4, -0.2) is 27.3 Å². The summed E-state index contributed by atoms with van der Waals surface area (Å²) < 4.78 is 2.36. The highest BCUT2D eigenvalue weighted by molar-refractivity contribution is 6.32. The van der Waals surface area contributed by atoms with E-state index in [2.05, 4.69) is 40.1 Å². The van der Waals surface area contributed by atoms with E-state index < -0.39 is 5.97 Å². The molecule has 1 N–H and O–H groups in total. The Morgan fingerprint density at radius 2 is 1.85 bits per heavy atom. The van der Waals surface area contributed by atoms with Crippen molar-refractivity contribution < 1.29 is 14.7 Å². The molecule has 168 valence electrons. The standard InChI is InChI=1S/C27H27N3O3/c1-18-24(26(31)30(28-18)23-10-8-21(9-11-23)27(32)33)16-20-7-12-25-22(15-20)13-14-29(25)17-19-5-3-2-4-6-19/h7-16,19H,2-6,17H2,1H3,(H,32,33)/b24-16-. The second-order valence-corrected chi connectivity index (χ2v) is 9.00. The molecule has 0 saturated heterocycles. The van der Waals surface area contributed by atoms with Crippen LogP contribution in [0.4, 0.5) is 5.69 Å². The molecule has 0 spiro atoms. The van der Waals surface area contributed by atoms with E-state index in [9.17, 15) is 9.59 Å². The van der Waals surface area contributed by atoms with Gasteiger partial charge in [0.05, 0.1) is 22.5 Å². The lowest BCUT2D eigenvalue weighted by molar-refractivity contribution is -0.114. The van der Waals surface area contributed by atoms with E-state index >= 15 is 0 Å². The Kier molecular flexibility index (Phi) is 5.58. The van der Waals surface area contributed by atoms with Gasteiger partial charge in [0, 0.05) is 23.6 Å². The Hall–Kier alpha value is -3.67. The van der Waals surface area contributed by atoms with Crippen molar-refractivity contribution in [1.82, 2.24) is 4.57 Å². The molecular formula is C27H27N3O3. The molecule has 0 unspecified atom stereocenters. The number of nitrogens with zero attached hydrogens (tertiary/aromatic N) is 3. The fourth-order valence-corrected chi connectivity index (χ4v) is 4.89. The van der Waals surface area contributed by atoms with Crippen LogP contribution in [0.1, 0.15) is 54.9 Å². The summed E-state index contributed by atoms with van der Waals surface area (Å²) in [5.41, 5.74) is 4.08. The average Bonchev–Trinajstić information content (AvgIpc) is 3.35. The van der Waals surface area contributed by atoms with Crippen LogP contribution in [0.15, 0.2) is 65.4 Å². The Labute approximate surface area is 192 Å². The first-order valence-corrected chi connectivity index (χ1v) is 11.5. The van der Waals surface area contributed by atoms with E-state index in [1.54, 1.807) is 12.1 Å².